The van der Waals surface area contributed by atoms with Crippen molar-refractivity contribution >= 4 is 41.5 Å². The predicted octanol–water partition coefficient (Wildman–Crippen LogP) is 1.15. The second kappa shape index (κ2) is 8.11. The minimum absolute atomic E-state index is 0.103. The summed E-state index contributed by atoms with van der Waals surface area (Å²) in [6.07, 6.45) is 1.81. The Hall–Kier alpha value is -1.44. The van der Waals surface area contributed by atoms with Gasteiger partial charge in [0, 0.05) is 11.6 Å². The van der Waals surface area contributed by atoms with E-state index < -0.39 is 14.2 Å². The number of rotatable bonds is 3. The molecule has 0 spiro atoms. The largest absolute Gasteiger partial charge is 0.250 e. The Labute approximate surface area is 128 Å². The van der Waals surface area contributed by atoms with Gasteiger partial charge in [0.2, 0.25) is 0 Å². The summed E-state index contributed by atoms with van der Waals surface area (Å²) >= 11 is -3.26. The third-order valence-corrected chi connectivity index (χ3v) is 5.45. The molecule has 0 fully saturated rings. The van der Waals surface area contributed by atoms with Gasteiger partial charge in [-0.3, -0.25) is 4.98 Å². The molecule has 2 rings (SSSR count). The van der Waals surface area contributed by atoms with E-state index in [1.807, 2.05) is 12.3 Å². The number of carbonyl (C=O) groups is 1. The van der Waals surface area contributed by atoms with E-state index in [0.717, 1.165) is 5.01 Å². The van der Waals surface area contributed by atoms with Crippen LogP contribution in [-0.4, -0.2) is 34.4 Å². The van der Waals surface area contributed by atoms with Crippen molar-refractivity contribution in [3.05, 3.63) is 40.8 Å². The van der Waals surface area contributed by atoms with Crippen molar-refractivity contribution in [2.45, 2.75) is 13.8 Å². The normalized spacial score (nSPS) is 12.8. The first kappa shape index (κ1) is 17.6. The Bertz CT molecular complexity index is 632. The van der Waals surface area contributed by atoms with Crippen LogP contribution < -0.4 is 9.67 Å². The molecule has 21 heavy (non-hydrogen) atoms. The van der Waals surface area contributed by atoms with E-state index in [-0.39, 0.29) is 15.9 Å². The van der Waals surface area contributed by atoms with E-state index in [1.165, 1.54) is 25.1 Å². The molecule has 0 aliphatic carbocycles. The second-order valence-corrected chi connectivity index (χ2v) is 8.49. The number of nitrogens with one attached hydrogen (secondary N) is 1. The molecule has 1 unspecified atom stereocenters. The summed E-state index contributed by atoms with van der Waals surface area (Å²) in [4.78, 5) is 14.7. The van der Waals surface area contributed by atoms with Crippen LogP contribution in [0, 0.1) is 6.92 Å². The Morgan fingerprint density at radius 3 is 2.52 bits per heavy atom. The number of para-hydroxylation sites is 1. The number of hydrogen-bond acceptors (Lipinski definition) is 6. The first-order valence-corrected chi connectivity index (χ1v) is 9.95. The Balaban J connectivity index is 0.000000304. The number of carbonyl (C=O) groups excluding carboxylic acids is 1. The fourth-order valence-corrected chi connectivity index (χ4v) is 3.47. The molecule has 9 heteroatoms. The van der Waals surface area contributed by atoms with Crippen LogP contribution in [0.15, 0.2) is 35.8 Å². The molecule has 0 aliphatic rings. The Morgan fingerprint density at radius 2 is 2.10 bits per heavy atom. The Kier molecular flexibility index (Phi) is 6.80. The smallest absolute Gasteiger partial charge is 0.0893 e. The molecule has 0 saturated carbocycles. The SMILES string of the molecule is CC(=O)Nc1ccccc1[As](=O)(O)OO.Cc1nccs1. The van der Waals surface area contributed by atoms with Gasteiger partial charge in [0.25, 0.3) is 0 Å². The summed E-state index contributed by atoms with van der Waals surface area (Å²) in [7, 11) is 0. The molecular weight excluding hydrogens is 359 g/mol. The fraction of sp³-hybridized carbons (Fsp3) is 0.167. The summed E-state index contributed by atoms with van der Waals surface area (Å²) in [5, 5.41) is 13.8. The van der Waals surface area contributed by atoms with Crippen molar-refractivity contribution in [3.63, 3.8) is 0 Å². The van der Waals surface area contributed by atoms with Gasteiger partial charge in [0.1, 0.15) is 0 Å². The van der Waals surface area contributed by atoms with Crippen molar-refractivity contribution in [1.29, 1.82) is 0 Å². The van der Waals surface area contributed by atoms with Gasteiger partial charge >= 0.3 is 88.4 Å². The van der Waals surface area contributed by atoms with Gasteiger partial charge in [-0.1, -0.05) is 0 Å². The maximum Gasteiger partial charge on any atom is 0.0893 e. The summed E-state index contributed by atoms with van der Waals surface area (Å²) in [5.74, 6) is -0.379. The number of thiazole rings is 1. The molecular formula is C12H15AsN2O5S. The molecule has 2 aromatic rings. The molecule has 1 aromatic heterocycles. The van der Waals surface area contributed by atoms with Crippen molar-refractivity contribution in [2.24, 2.45) is 0 Å². The van der Waals surface area contributed by atoms with Gasteiger partial charge in [-0.25, -0.2) is 0 Å². The van der Waals surface area contributed by atoms with Crippen LogP contribution in [0.25, 0.3) is 0 Å². The van der Waals surface area contributed by atoms with Crippen LogP contribution in [0.1, 0.15) is 11.9 Å². The average Bonchev–Trinajstić information content (AvgIpc) is 2.90. The van der Waals surface area contributed by atoms with Crippen molar-refractivity contribution in [2.75, 3.05) is 5.32 Å². The fourth-order valence-electron chi connectivity index (χ4n) is 1.35. The maximum absolute atomic E-state index is 11.4. The van der Waals surface area contributed by atoms with Gasteiger partial charge in [-0.15, -0.1) is 11.3 Å². The van der Waals surface area contributed by atoms with Gasteiger partial charge in [-0.05, 0) is 6.92 Å². The quantitative estimate of drug-likeness (QED) is 0.423. The van der Waals surface area contributed by atoms with Gasteiger partial charge in [0.05, 0.1) is 5.01 Å². The van der Waals surface area contributed by atoms with E-state index >= 15 is 0 Å². The van der Waals surface area contributed by atoms with E-state index in [1.54, 1.807) is 23.6 Å². The molecule has 0 radical (unpaired) electrons. The van der Waals surface area contributed by atoms with Crippen LogP contribution in [0.3, 0.4) is 0 Å². The molecule has 1 aromatic carbocycles. The molecule has 1 atom stereocenters. The molecule has 3 N–H and O–H groups in total. The number of nitrogens with zero attached hydrogens (tertiary/aromatic N) is 1. The molecule has 114 valence electrons. The summed E-state index contributed by atoms with van der Waals surface area (Å²) in [5.41, 5.74) is 0.157. The van der Waals surface area contributed by atoms with Crippen molar-refractivity contribution in [1.82, 2.24) is 4.98 Å². The van der Waals surface area contributed by atoms with Crippen LogP contribution in [-0.2, 0) is 12.4 Å². The zero-order valence-corrected chi connectivity index (χ0v) is 14.1. The number of amides is 1. The van der Waals surface area contributed by atoms with Gasteiger partial charge < -0.3 is 0 Å². The van der Waals surface area contributed by atoms with Crippen LogP contribution in [0.4, 0.5) is 5.69 Å². The van der Waals surface area contributed by atoms with Crippen LogP contribution in [0.2, 0.25) is 0 Å². The molecule has 1 amide bonds. The number of benzene rings is 1. The van der Waals surface area contributed by atoms with Crippen LogP contribution in [0.5, 0.6) is 0 Å². The third-order valence-electron chi connectivity index (χ3n) is 2.19. The monoisotopic (exact) mass is 374 g/mol. The number of aryl methyl sites for hydroxylation is 1. The average molecular weight is 374 g/mol. The number of aromatic nitrogens is 1. The van der Waals surface area contributed by atoms with Crippen molar-refractivity contribution < 1.29 is 21.8 Å². The first-order chi connectivity index (χ1) is 9.86. The zero-order chi connectivity index (χ0) is 15.9. The number of hydrogen-bond donors (Lipinski definition) is 3. The van der Waals surface area contributed by atoms with E-state index in [4.69, 9.17) is 5.26 Å². The van der Waals surface area contributed by atoms with Crippen molar-refractivity contribution in [3.8, 4) is 0 Å². The first-order valence-electron chi connectivity index (χ1n) is 5.76. The summed E-state index contributed by atoms with van der Waals surface area (Å²) in [6.45, 7) is 3.26. The minimum Gasteiger partial charge on any atom is -0.250 e. The predicted molar refractivity (Wildman–Crippen MR) is 79.6 cm³/mol. The Morgan fingerprint density at radius 1 is 1.43 bits per heavy atom. The third kappa shape index (κ3) is 5.82. The zero-order valence-electron chi connectivity index (χ0n) is 11.4. The molecule has 7 nitrogen and oxygen atoms in total. The standard InChI is InChI=1S/C8H10AsNO5.C4H5NS/c1-6(11)10-8-5-3-2-4-7(8)9(12,13)15-14;1-4-5-2-3-6-4/h2-5,14H,1H3,(H,10,11)(H,12,13);2-3H,1H3. The maximum atomic E-state index is 11.4. The molecule has 0 saturated heterocycles. The topological polar surface area (TPSA) is 109 Å². The van der Waals surface area contributed by atoms with Gasteiger partial charge in [-0.2, -0.15) is 0 Å². The summed E-state index contributed by atoms with van der Waals surface area (Å²) in [6, 6.07) is 5.84. The van der Waals surface area contributed by atoms with Crippen LogP contribution >= 0.6 is 11.3 Å². The van der Waals surface area contributed by atoms with Gasteiger partial charge in [0.15, 0.2) is 0 Å². The molecule has 1 heterocycles. The second-order valence-electron chi connectivity index (χ2n) is 3.85. The van der Waals surface area contributed by atoms with E-state index in [0.29, 0.717) is 0 Å². The number of anilines is 1. The van der Waals surface area contributed by atoms with E-state index in [9.17, 15) is 12.6 Å². The molecule has 0 aliphatic heterocycles. The minimum atomic E-state index is -4.92. The summed E-state index contributed by atoms with van der Waals surface area (Å²) < 4.78 is 24.1. The van der Waals surface area contributed by atoms with E-state index in [2.05, 4.69) is 14.2 Å². The molecule has 0 bridgehead atoms.